The van der Waals surface area contributed by atoms with Crippen LogP contribution in [0.5, 0.6) is 0 Å². The van der Waals surface area contributed by atoms with Crippen LogP contribution in [0.2, 0.25) is 0 Å². The summed E-state index contributed by atoms with van der Waals surface area (Å²) in [5.41, 5.74) is 2.37. The van der Waals surface area contributed by atoms with Gasteiger partial charge in [-0.15, -0.1) is 6.58 Å². The summed E-state index contributed by atoms with van der Waals surface area (Å²) in [6, 6.07) is 8.43. The Hall–Kier alpha value is -1.85. The van der Waals surface area contributed by atoms with Gasteiger partial charge in [0.1, 0.15) is 6.61 Å². The van der Waals surface area contributed by atoms with Crippen LogP contribution in [0.25, 0.3) is 0 Å². The van der Waals surface area contributed by atoms with Crippen LogP contribution < -0.4 is 4.90 Å². The van der Waals surface area contributed by atoms with Gasteiger partial charge in [0, 0.05) is 24.7 Å². The van der Waals surface area contributed by atoms with E-state index in [0.29, 0.717) is 19.7 Å². The van der Waals surface area contributed by atoms with Crippen LogP contribution in [-0.4, -0.2) is 61.9 Å². The number of aliphatic hydroxyl groups excluding tert-OH is 1. The fraction of sp³-hybridized carbons (Fsp3) is 0.571. The molecule has 0 heterocycles. The molecule has 0 aliphatic heterocycles. The van der Waals surface area contributed by atoms with Gasteiger partial charge in [-0.1, -0.05) is 25.1 Å². The number of carbonyl (C=O) groups is 1. The first-order chi connectivity index (χ1) is 12.4. The molecule has 1 aromatic carbocycles. The van der Waals surface area contributed by atoms with E-state index >= 15 is 0 Å². The van der Waals surface area contributed by atoms with Gasteiger partial charge >= 0.3 is 5.97 Å². The average Bonchev–Trinajstić information content (AvgIpc) is 2.60. The molecule has 0 aromatic heterocycles. The van der Waals surface area contributed by atoms with Gasteiger partial charge < -0.3 is 19.6 Å². The van der Waals surface area contributed by atoms with Crippen LogP contribution in [0.4, 0.5) is 5.69 Å². The molecule has 146 valence electrons. The Morgan fingerprint density at radius 3 is 2.38 bits per heavy atom. The van der Waals surface area contributed by atoms with E-state index in [1.54, 1.807) is 0 Å². The Bertz CT molecular complexity index is 557. The summed E-state index contributed by atoms with van der Waals surface area (Å²) in [7, 11) is 4.25. The number of likely N-dealkylation sites (N-methyl/N-ethyl adjacent to an activating group) is 1. The molecule has 0 radical (unpaired) electrons. The quantitative estimate of drug-likeness (QED) is 0.458. The first-order valence-corrected chi connectivity index (χ1v) is 9.25. The largest absolute Gasteiger partial charge is 0.464 e. The molecular weight excluding hydrogens is 328 g/mol. The van der Waals surface area contributed by atoms with Crippen molar-refractivity contribution in [1.29, 1.82) is 0 Å². The average molecular weight is 363 g/mol. The zero-order chi connectivity index (χ0) is 19.6. The van der Waals surface area contributed by atoms with E-state index in [4.69, 9.17) is 4.74 Å². The Labute approximate surface area is 158 Å². The van der Waals surface area contributed by atoms with Crippen LogP contribution >= 0.6 is 0 Å². The minimum Gasteiger partial charge on any atom is -0.464 e. The summed E-state index contributed by atoms with van der Waals surface area (Å²) in [5.74, 6) is -0.286. The lowest BCUT2D eigenvalue weighted by atomic mass is 9.84. The molecular formula is C21H34N2O3. The molecule has 1 N–H and O–H groups in total. The first-order valence-electron chi connectivity index (χ1n) is 9.25. The molecule has 5 nitrogen and oxygen atoms in total. The van der Waals surface area contributed by atoms with Gasteiger partial charge in [-0.05, 0) is 51.1 Å². The monoisotopic (exact) mass is 362 g/mol. The Balaban J connectivity index is 2.86. The molecule has 1 rings (SSSR count). The molecule has 0 spiro atoms. The van der Waals surface area contributed by atoms with Gasteiger partial charge in [0.15, 0.2) is 0 Å². The molecule has 0 saturated heterocycles. The van der Waals surface area contributed by atoms with E-state index in [1.807, 2.05) is 11.0 Å². The summed E-state index contributed by atoms with van der Waals surface area (Å²) in [5, 5.41) is 9.30. The zero-order valence-corrected chi connectivity index (χ0v) is 16.7. The number of carbonyl (C=O) groups excluding carboxylic acids is 1. The smallest absolute Gasteiger partial charge is 0.302 e. The van der Waals surface area contributed by atoms with Crippen LogP contribution in [0.3, 0.4) is 0 Å². The lowest BCUT2D eigenvalue weighted by Crippen LogP contribution is -2.45. The number of hydrogen-bond donors (Lipinski definition) is 1. The molecule has 0 saturated carbocycles. The zero-order valence-electron chi connectivity index (χ0n) is 16.7. The second-order valence-corrected chi connectivity index (χ2v) is 6.86. The van der Waals surface area contributed by atoms with Crippen molar-refractivity contribution in [3.63, 3.8) is 0 Å². The van der Waals surface area contributed by atoms with E-state index in [9.17, 15) is 9.90 Å². The predicted octanol–water partition coefficient (Wildman–Crippen LogP) is 2.88. The standard InChI is InChI=1S/C21H34N2O3/c1-6-12-21(7-2,22(4)5)17-19-8-10-20(11-9-19)23(13-15-24)14-16-26-18(3)25/h6,8-11,24H,1,7,12-17H2,2-5H3. The van der Waals surface area contributed by atoms with Crippen molar-refractivity contribution in [2.75, 3.05) is 45.3 Å². The molecule has 1 unspecified atom stereocenters. The highest BCUT2D eigenvalue weighted by atomic mass is 16.5. The summed E-state index contributed by atoms with van der Waals surface area (Å²) < 4.78 is 5.02. The lowest BCUT2D eigenvalue weighted by Gasteiger charge is -2.39. The number of ether oxygens (including phenoxy) is 1. The fourth-order valence-corrected chi connectivity index (χ4v) is 3.26. The third-order valence-electron chi connectivity index (χ3n) is 5.00. The maximum atomic E-state index is 10.9. The van der Waals surface area contributed by atoms with Gasteiger partial charge in [0.05, 0.1) is 13.2 Å². The molecule has 0 aliphatic carbocycles. The molecule has 5 heteroatoms. The lowest BCUT2D eigenvalue weighted by molar-refractivity contribution is -0.140. The molecule has 1 aromatic rings. The van der Waals surface area contributed by atoms with Crippen molar-refractivity contribution in [2.45, 2.75) is 38.6 Å². The second-order valence-electron chi connectivity index (χ2n) is 6.86. The number of esters is 1. The molecule has 0 aliphatic rings. The van der Waals surface area contributed by atoms with E-state index in [1.165, 1.54) is 12.5 Å². The Morgan fingerprint density at radius 1 is 1.27 bits per heavy atom. The van der Waals surface area contributed by atoms with Crippen molar-refractivity contribution in [1.82, 2.24) is 4.90 Å². The van der Waals surface area contributed by atoms with Crippen LogP contribution in [-0.2, 0) is 16.0 Å². The molecule has 1 atom stereocenters. The molecule has 0 fully saturated rings. The summed E-state index contributed by atoms with van der Waals surface area (Å²) in [4.78, 5) is 15.2. The van der Waals surface area contributed by atoms with Gasteiger partial charge in [0.25, 0.3) is 0 Å². The van der Waals surface area contributed by atoms with Gasteiger partial charge in [-0.25, -0.2) is 0 Å². The summed E-state index contributed by atoms with van der Waals surface area (Å²) in [6.07, 6.45) is 4.94. The van der Waals surface area contributed by atoms with Crippen molar-refractivity contribution < 1.29 is 14.6 Å². The number of nitrogens with zero attached hydrogens (tertiary/aromatic N) is 2. The minimum atomic E-state index is -0.286. The highest BCUT2D eigenvalue weighted by Gasteiger charge is 2.29. The number of aliphatic hydroxyl groups is 1. The van der Waals surface area contributed by atoms with Crippen LogP contribution in [0.15, 0.2) is 36.9 Å². The normalized spacial score (nSPS) is 13.3. The maximum Gasteiger partial charge on any atom is 0.302 e. The van der Waals surface area contributed by atoms with E-state index in [2.05, 4.69) is 56.8 Å². The van der Waals surface area contributed by atoms with E-state index < -0.39 is 0 Å². The van der Waals surface area contributed by atoms with Gasteiger partial charge in [-0.3, -0.25) is 4.79 Å². The predicted molar refractivity (Wildman–Crippen MR) is 108 cm³/mol. The number of benzene rings is 1. The maximum absolute atomic E-state index is 10.9. The van der Waals surface area contributed by atoms with Crippen LogP contribution in [0.1, 0.15) is 32.3 Å². The second kappa shape index (κ2) is 11.0. The van der Waals surface area contributed by atoms with Crippen molar-refractivity contribution in [3.05, 3.63) is 42.5 Å². The highest BCUT2D eigenvalue weighted by Crippen LogP contribution is 2.28. The topological polar surface area (TPSA) is 53.0 Å². The minimum absolute atomic E-state index is 0.0563. The molecule has 0 bridgehead atoms. The summed E-state index contributed by atoms with van der Waals surface area (Å²) >= 11 is 0. The third-order valence-corrected chi connectivity index (χ3v) is 5.00. The van der Waals surface area contributed by atoms with E-state index in [0.717, 1.165) is 24.9 Å². The van der Waals surface area contributed by atoms with Crippen molar-refractivity contribution in [2.24, 2.45) is 0 Å². The first kappa shape index (κ1) is 22.2. The van der Waals surface area contributed by atoms with Crippen LogP contribution in [0, 0.1) is 0 Å². The Kier molecular flexibility index (Phi) is 9.38. The molecule has 26 heavy (non-hydrogen) atoms. The van der Waals surface area contributed by atoms with Crippen molar-refractivity contribution >= 4 is 11.7 Å². The highest BCUT2D eigenvalue weighted by molar-refractivity contribution is 5.65. The third kappa shape index (κ3) is 6.46. The number of rotatable bonds is 12. The van der Waals surface area contributed by atoms with Gasteiger partial charge in [0.2, 0.25) is 0 Å². The summed E-state index contributed by atoms with van der Waals surface area (Å²) in [6.45, 7) is 8.98. The van der Waals surface area contributed by atoms with E-state index in [-0.39, 0.29) is 18.1 Å². The van der Waals surface area contributed by atoms with Gasteiger partial charge in [-0.2, -0.15) is 0 Å². The Morgan fingerprint density at radius 2 is 1.92 bits per heavy atom. The number of anilines is 1. The molecule has 0 amide bonds. The number of hydrogen-bond acceptors (Lipinski definition) is 5. The van der Waals surface area contributed by atoms with Crippen molar-refractivity contribution in [3.8, 4) is 0 Å². The SMILES string of the molecule is C=CCC(CC)(Cc1ccc(N(CCO)CCOC(C)=O)cc1)N(C)C. The fourth-order valence-electron chi connectivity index (χ4n) is 3.26.